The molecule has 3 nitrogen and oxygen atoms in total. The van der Waals surface area contributed by atoms with Gasteiger partial charge in [0.2, 0.25) is 0 Å². The largest absolute Gasteiger partial charge is 0.389 e. The van der Waals surface area contributed by atoms with Crippen LogP contribution in [0, 0.1) is 22.7 Å². The monoisotopic (exact) mass is 320 g/mol. The summed E-state index contributed by atoms with van der Waals surface area (Å²) in [6.45, 7) is 9.90. The van der Waals surface area contributed by atoms with Crippen LogP contribution in [0.15, 0.2) is 12.2 Å². The van der Waals surface area contributed by atoms with E-state index in [4.69, 9.17) is 0 Å². The molecule has 2 fully saturated rings. The first-order chi connectivity index (χ1) is 10.7. The number of aliphatic hydroxyl groups is 1. The van der Waals surface area contributed by atoms with Crippen LogP contribution in [-0.4, -0.2) is 23.3 Å². The Bertz CT molecular complexity index is 495. The van der Waals surface area contributed by atoms with Gasteiger partial charge in [-0.3, -0.25) is 9.59 Å². The van der Waals surface area contributed by atoms with E-state index in [1.165, 1.54) is 5.57 Å². The molecule has 130 valence electrons. The van der Waals surface area contributed by atoms with Gasteiger partial charge in [0.25, 0.3) is 0 Å². The van der Waals surface area contributed by atoms with Gasteiger partial charge in [0.1, 0.15) is 12.4 Å². The van der Waals surface area contributed by atoms with E-state index < -0.39 is 5.41 Å². The van der Waals surface area contributed by atoms with Crippen molar-refractivity contribution < 1.29 is 14.7 Å². The number of rotatable bonds is 6. The second kappa shape index (κ2) is 6.88. The molecule has 1 N–H and O–H groups in total. The number of hydrogen-bond donors (Lipinski definition) is 1. The molecule has 0 aromatic rings. The first kappa shape index (κ1) is 18.4. The Morgan fingerprint density at radius 1 is 1.35 bits per heavy atom. The van der Waals surface area contributed by atoms with Crippen LogP contribution in [0.3, 0.4) is 0 Å². The van der Waals surface area contributed by atoms with E-state index in [0.29, 0.717) is 18.1 Å². The number of aliphatic hydroxyl groups excluding tert-OH is 1. The molecule has 0 heterocycles. The van der Waals surface area contributed by atoms with E-state index in [-0.39, 0.29) is 23.7 Å². The Hall–Kier alpha value is -0.960. The zero-order valence-electron chi connectivity index (χ0n) is 15.0. The van der Waals surface area contributed by atoms with Gasteiger partial charge in [0, 0.05) is 17.8 Å². The molecule has 3 heteroatoms. The van der Waals surface area contributed by atoms with Crippen LogP contribution in [-0.2, 0) is 9.59 Å². The Morgan fingerprint density at radius 2 is 2.04 bits per heavy atom. The fourth-order valence-corrected chi connectivity index (χ4v) is 4.92. The topological polar surface area (TPSA) is 54.4 Å². The third-order valence-electron chi connectivity index (χ3n) is 6.68. The highest BCUT2D eigenvalue weighted by atomic mass is 16.3. The third-order valence-corrected chi connectivity index (χ3v) is 6.68. The van der Waals surface area contributed by atoms with Gasteiger partial charge in [0.05, 0.1) is 0 Å². The van der Waals surface area contributed by atoms with Crippen LogP contribution < -0.4 is 0 Å². The lowest BCUT2D eigenvalue weighted by molar-refractivity contribution is -0.146. The van der Waals surface area contributed by atoms with Crippen LogP contribution in [0.25, 0.3) is 0 Å². The van der Waals surface area contributed by atoms with Crippen molar-refractivity contribution in [1.29, 1.82) is 0 Å². The molecule has 2 saturated carbocycles. The zero-order valence-corrected chi connectivity index (χ0v) is 15.0. The molecule has 0 aromatic carbocycles. The van der Waals surface area contributed by atoms with Crippen LogP contribution in [0.2, 0.25) is 0 Å². The van der Waals surface area contributed by atoms with Crippen molar-refractivity contribution in [3.05, 3.63) is 12.2 Å². The van der Waals surface area contributed by atoms with E-state index >= 15 is 0 Å². The molecule has 4 atom stereocenters. The molecule has 0 bridgehead atoms. The van der Waals surface area contributed by atoms with E-state index in [0.717, 1.165) is 44.9 Å². The van der Waals surface area contributed by atoms with Crippen LogP contribution in [0.1, 0.15) is 72.1 Å². The van der Waals surface area contributed by atoms with Crippen LogP contribution >= 0.6 is 0 Å². The van der Waals surface area contributed by atoms with Gasteiger partial charge in [-0.25, -0.2) is 0 Å². The summed E-state index contributed by atoms with van der Waals surface area (Å²) in [4.78, 5) is 24.7. The van der Waals surface area contributed by atoms with Gasteiger partial charge in [-0.1, -0.05) is 19.4 Å². The van der Waals surface area contributed by atoms with Gasteiger partial charge >= 0.3 is 0 Å². The van der Waals surface area contributed by atoms with E-state index in [1.54, 1.807) is 0 Å². The maximum absolute atomic E-state index is 12.6. The molecule has 0 amide bonds. The van der Waals surface area contributed by atoms with Gasteiger partial charge in [-0.05, 0) is 63.2 Å². The number of ketones is 2. The quantitative estimate of drug-likeness (QED) is 0.750. The number of Topliss-reactive ketones (excluding diaryl/α,β-unsaturated/α-hetero) is 2. The lowest BCUT2D eigenvalue weighted by Crippen LogP contribution is -2.51. The first-order valence-electron chi connectivity index (χ1n) is 9.04. The van der Waals surface area contributed by atoms with Gasteiger partial charge in [-0.15, -0.1) is 6.58 Å². The van der Waals surface area contributed by atoms with E-state index in [9.17, 15) is 14.7 Å². The second-order valence-electron chi connectivity index (χ2n) is 8.46. The molecule has 0 spiro atoms. The number of fused-ring (bicyclic) bond motifs is 1. The lowest BCUT2D eigenvalue weighted by atomic mass is 9.49. The summed E-state index contributed by atoms with van der Waals surface area (Å²) in [5.74, 6) is 0.941. The van der Waals surface area contributed by atoms with Crippen LogP contribution in [0.4, 0.5) is 0 Å². The van der Waals surface area contributed by atoms with Crippen molar-refractivity contribution in [2.24, 2.45) is 22.7 Å². The minimum atomic E-state index is -0.401. The standard InChI is InChI=1S/C20H32O3/c1-14(2)6-5-7-16-17(22)9-8-15-12-19(3,18(23)13-21)10-11-20(15,16)4/h15-16,21H,1,5-13H2,2-4H3. The SMILES string of the molecule is C=C(C)CCCC1C(=O)CCC2CC(C)(C(=O)CO)CCC21C. The maximum Gasteiger partial charge on any atom is 0.164 e. The minimum absolute atomic E-state index is 0.0274. The lowest BCUT2D eigenvalue weighted by Gasteiger charge is -2.54. The fraction of sp³-hybridized carbons (Fsp3) is 0.800. The van der Waals surface area contributed by atoms with Crippen LogP contribution in [0.5, 0.6) is 0 Å². The molecule has 0 radical (unpaired) electrons. The summed E-state index contributed by atoms with van der Waals surface area (Å²) in [5, 5.41) is 9.26. The van der Waals surface area contributed by atoms with Gasteiger partial charge in [0.15, 0.2) is 5.78 Å². The summed E-state index contributed by atoms with van der Waals surface area (Å²) in [7, 11) is 0. The summed E-state index contributed by atoms with van der Waals surface area (Å²) in [6, 6.07) is 0. The van der Waals surface area contributed by atoms with Crippen molar-refractivity contribution in [3.63, 3.8) is 0 Å². The average Bonchev–Trinajstić information content (AvgIpc) is 2.50. The van der Waals surface area contributed by atoms with E-state index in [1.807, 2.05) is 13.8 Å². The summed E-state index contributed by atoms with van der Waals surface area (Å²) >= 11 is 0. The molecular weight excluding hydrogens is 288 g/mol. The predicted molar refractivity (Wildman–Crippen MR) is 92.0 cm³/mol. The van der Waals surface area contributed by atoms with Crippen molar-refractivity contribution in [1.82, 2.24) is 0 Å². The summed E-state index contributed by atoms with van der Waals surface area (Å²) in [5.41, 5.74) is 0.807. The average molecular weight is 320 g/mol. The van der Waals surface area contributed by atoms with Crippen molar-refractivity contribution in [2.45, 2.75) is 72.1 Å². The predicted octanol–water partition coefficient (Wildman–Crippen LogP) is 4.09. The number of hydrogen-bond acceptors (Lipinski definition) is 3. The molecule has 23 heavy (non-hydrogen) atoms. The number of carbonyl (C=O) groups is 2. The smallest absolute Gasteiger partial charge is 0.164 e. The summed E-state index contributed by atoms with van der Waals surface area (Å²) < 4.78 is 0. The number of carbonyl (C=O) groups excluding carboxylic acids is 2. The number of allylic oxidation sites excluding steroid dienone is 1. The maximum atomic E-state index is 12.6. The zero-order chi connectivity index (χ0) is 17.3. The molecule has 4 unspecified atom stereocenters. The van der Waals surface area contributed by atoms with Gasteiger partial charge in [-0.2, -0.15) is 0 Å². The van der Waals surface area contributed by atoms with Gasteiger partial charge < -0.3 is 5.11 Å². The summed E-state index contributed by atoms with van der Waals surface area (Å²) in [6.07, 6.45) is 7.07. The highest BCUT2D eigenvalue weighted by Gasteiger charge is 2.53. The molecule has 0 saturated heterocycles. The normalized spacial score (nSPS) is 37.3. The fourth-order valence-electron chi connectivity index (χ4n) is 4.92. The van der Waals surface area contributed by atoms with E-state index in [2.05, 4.69) is 13.5 Å². The second-order valence-corrected chi connectivity index (χ2v) is 8.46. The molecule has 2 rings (SSSR count). The molecule has 0 aromatic heterocycles. The first-order valence-corrected chi connectivity index (χ1v) is 9.04. The Kier molecular flexibility index (Phi) is 5.50. The molecule has 2 aliphatic carbocycles. The third kappa shape index (κ3) is 3.60. The Labute approximate surface area is 140 Å². The Balaban J connectivity index is 2.13. The van der Waals surface area contributed by atoms with Crippen molar-refractivity contribution in [3.8, 4) is 0 Å². The Morgan fingerprint density at radius 3 is 2.65 bits per heavy atom. The van der Waals surface area contributed by atoms with Crippen molar-refractivity contribution in [2.75, 3.05) is 6.61 Å². The minimum Gasteiger partial charge on any atom is -0.389 e. The van der Waals surface area contributed by atoms with Crippen molar-refractivity contribution >= 4 is 11.6 Å². The highest BCUT2D eigenvalue weighted by molar-refractivity contribution is 5.86. The molecular formula is C20H32O3. The molecule has 2 aliphatic rings. The molecule has 0 aliphatic heterocycles. The highest BCUT2D eigenvalue weighted by Crippen LogP contribution is 2.58.